The second kappa shape index (κ2) is 7.57. The first-order valence-electron chi connectivity index (χ1n) is 8.24. The van der Waals surface area contributed by atoms with Gasteiger partial charge in [-0.05, 0) is 43.5 Å². The topological polar surface area (TPSA) is 69.2 Å². The highest BCUT2D eigenvalue weighted by Gasteiger charge is 2.22. The van der Waals surface area contributed by atoms with Gasteiger partial charge in [0.05, 0.1) is 25.0 Å². The van der Waals surface area contributed by atoms with E-state index >= 15 is 0 Å². The predicted molar refractivity (Wildman–Crippen MR) is 89.3 cm³/mol. The van der Waals surface area contributed by atoms with Gasteiger partial charge in [0.1, 0.15) is 5.75 Å². The van der Waals surface area contributed by atoms with E-state index in [9.17, 15) is 0 Å². The van der Waals surface area contributed by atoms with Gasteiger partial charge in [-0.1, -0.05) is 17.3 Å². The van der Waals surface area contributed by atoms with E-state index in [1.54, 1.807) is 7.11 Å². The summed E-state index contributed by atoms with van der Waals surface area (Å²) in [6.07, 6.45) is 5.40. The van der Waals surface area contributed by atoms with Crippen molar-refractivity contribution in [2.75, 3.05) is 26.7 Å². The molecule has 1 unspecified atom stereocenters. The van der Waals surface area contributed by atoms with E-state index in [1.165, 1.54) is 12.0 Å². The van der Waals surface area contributed by atoms with Gasteiger partial charge in [-0.2, -0.15) is 0 Å². The summed E-state index contributed by atoms with van der Waals surface area (Å²) in [6, 6.07) is 8.75. The van der Waals surface area contributed by atoms with Crippen LogP contribution in [0.4, 0.5) is 0 Å². The normalized spacial score (nSPS) is 19.0. The first kappa shape index (κ1) is 16.0. The monoisotopic (exact) mass is 315 g/mol. The standard InChI is InChI=1S/C17H25N5O/c1-23-17-6-4-14(5-7-17)8-10-21-9-2-3-16(13-21)22-12-15(11-18)19-20-22/h4-7,12,16H,2-3,8-11,13,18H2,1H3. The molecule has 3 rings (SSSR count). The number of hydrogen-bond donors (Lipinski definition) is 1. The largest absolute Gasteiger partial charge is 0.497 e. The van der Waals surface area contributed by atoms with Crippen molar-refractivity contribution in [3.63, 3.8) is 0 Å². The Hall–Kier alpha value is -1.92. The molecule has 6 heteroatoms. The number of ether oxygens (including phenoxy) is 1. The number of rotatable bonds is 6. The van der Waals surface area contributed by atoms with Crippen molar-refractivity contribution in [1.82, 2.24) is 19.9 Å². The summed E-state index contributed by atoms with van der Waals surface area (Å²) in [7, 11) is 1.70. The van der Waals surface area contributed by atoms with Crippen LogP contribution in [0.2, 0.25) is 0 Å². The van der Waals surface area contributed by atoms with Crippen LogP contribution in [0.15, 0.2) is 30.5 Å². The summed E-state index contributed by atoms with van der Waals surface area (Å²) in [4.78, 5) is 2.52. The molecule has 0 bridgehead atoms. The molecule has 1 aromatic carbocycles. The third-order valence-corrected chi connectivity index (χ3v) is 4.50. The van der Waals surface area contributed by atoms with Gasteiger partial charge in [0.15, 0.2) is 0 Å². The molecule has 1 aliphatic heterocycles. The summed E-state index contributed by atoms with van der Waals surface area (Å²) < 4.78 is 7.19. The molecule has 0 radical (unpaired) electrons. The number of methoxy groups -OCH3 is 1. The van der Waals surface area contributed by atoms with Crippen LogP contribution >= 0.6 is 0 Å². The smallest absolute Gasteiger partial charge is 0.118 e. The lowest BCUT2D eigenvalue weighted by Gasteiger charge is -2.32. The molecule has 2 N–H and O–H groups in total. The van der Waals surface area contributed by atoms with Crippen molar-refractivity contribution in [2.45, 2.75) is 31.8 Å². The highest BCUT2D eigenvalue weighted by atomic mass is 16.5. The van der Waals surface area contributed by atoms with E-state index in [0.717, 1.165) is 43.9 Å². The number of likely N-dealkylation sites (tertiary alicyclic amines) is 1. The lowest BCUT2D eigenvalue weighted by Crippen LogP contribution is -2.38. The van der Waals surface area contributed by atoms with Gasteiger partial charge < -0.3 is 15.4 Å². The van der Waals surface area contributed by atoms with Crippen LogP contribution in [0.25, 0.3) is 0 Å². The average molecular weight is 315 g/mol. The van der Waals surface area contributed by atoms with Gasteiger partial charge in [-0.25, -0.2) is 4.68 Å². The minimum Gasteiger partial charge on any atom is -0.497 e. The third-order valence-electron chi connectivity index (χ3n) is 4.50. The Morgan fingerprint density at radius 1 is 1.30 bits per heavy atom. The second-order valence-electron chi connectivity index (χ2n) is 6.09. The molecule has 1 saturated heterocycles. The van der Waals surface area contributed by atoms with Crippen molar-refractivity contribution in [3.8, 4) is 5.75 Å². The van der Waals surface area contributed by atoms with E-state index in [2.05, 4.69) is 27.3 Å². The van der Waals surface area contributed by atoms with Gasteiger partial charge in [-0.15, -0.1) is 5.10 Å². The Morgan fingerprint density at radius 2 is 2.13 bits per heavy atom. The maximum atomic E-state index is 5.62. The number of hydrogen-bond acceptors (Lipinski definition) is 5. The van der Waals surface area contributed by atoms with Crippen LogP contribution in [0.1, 0.15) is 30.1 Å². The highest BCUT2D eigenvalue weighted by Crippen LogP contribution is 2.21. The SMILES string of the molecule is COc1ccc(CCN2CCCC(n3cc(CN)nn3)C2)cc1. The van der Waals surface area contributed by atoms with Gasteiger partial charge >= 0.3 is 0 Å². The zero-order valence-corrected chi connectivity index (χ0v) is 13.7. The molecular weight excluding hydrogens is 290 g/mol. The number of nitrogens with zero attached hydrogens (tertiary/aromatic N) is 4. The number of benzene rings is 1. The van der Waals surface area contributed by atoms with Crippen molar-refractivity contribution in [3.05, 3.63) is 41.7 Å². The quantitative estimate of drug-likeness (QED) is 0.877. The lowest BCUT2D eigenvalue weighted by atomic mass is 10.0. The molecule has 1 aliphatic rings. The lowest BCUT2D eigenvalue weighted by molar-refractivity contribution is 0.170. The molecule has 1 aromatic heterocycles. The Kier molecular flexibility index (Phi) is 5.25. The van der Waals surface area contributed by atoms with E-state index in [1.807, 2.05) is 23.0 Å². The first-order valence-corrected chi connectivity index (χ1v) is 8.24. The second-order valence-corrected chi connectivity index (χ2v) is 6.09. The molecule has 0 spiro atoms. The average Bonchev–Trinajstić information content (AvgIpc) is 3.10. The highest BCUT2D eigenvalue weighted by molar-refractivity contribution is 5.27. The molecule has 0 saturated carbocycles. The predicted octanol–water partition coefficient (Wildman–Crippen LogP) is 1.62. The van der Waals surface area contributed by atoms with Crippen molar-refractivity contribution in [1.29, 1.82) is 0 Å². The molecular formula is C17H25N5O. The molecule has 2 heterocycles. The van der Waals surface area contributed by atoms with Crippen LogP contribution in [-0.4, -0.2) is 46.6 Å². The van der Waals surface area contributed by atoms with Crippen LogP contribution < -0.4 is 10.5 Å². The van der Waals surface area contributed by atoms with Gasteiger partial charge in [0.25, 0.3) is 0 Å². The zero-order chi connectivity index (χ0) is 16.1. The summed E-state index contributed by atoms with van der Waals surface area (Å²) in [5.74, 6) is 0.911. The van der Waals surface area contributed by atoms with Gasteiger partial charge in [0, 0.05) is 19.6 Å². The van der Waals surface area contributed by atoms with Crippen molar-refractivity contribution < 1.29 is 4.74 Å². The van der Waals surface area contributed by atoms with Crippen LogP contribution in [0, 0.1) is 0 Å². The Bertz CT molecular complexity index is 610. The molecule has 6 nitrogen and oxygen atoms in total. The molecule has 0 aliphatic carbocycles. The molecule has 2 aromatic rings. The Morgan fingerprint density at radius 3 is 2.83 bits per heavy atom. The summed E-state index contributed by atoms with van der Waals surface area (Å²) >= 11 is 0. The van der Waals surface area contributed by atoms with Crippen molar-refractivity contribution in [2.24, 2.45) is 5.73 Å². The zero-order valence-electron chi connectivity index (χ0n) is 13.7. The number of aromatic nitrogens is 3. The third kappa shape index (κ3) is 4.09. The van der Waals surface area contributed by atoms with E-state index < -0.39 is 0 Å². The van der Waals surface area contributed by atoms with Gasteiger partial charge in [0.2, 0.25) is 0 Å². The fraction of sp³-hybridized carbons (Fsp3) is 0.529. The fourth-order valence-corrected chi connectivity index (χ4v) is 3.11. The Balaban J connectivity index is 1.53. The summed E-state index contributed by atoms with van der Waals surface area (Å²) in [5, 5.41) is 8.33. The Labute approximate surface area is 137 Å². The minimum atomic E-state index is 0.410. The first-order chi connectivity index (χ1) is 11.3. The molecule has 1 fully saturated rings. The summed E-state index contributed by atoms with van der Waals surface area (Å²) in [5.41, 5.74) is 7.83. The van der Waals surface area contributed by atoms with Crippen LogP contribution in [0.5, 0.6) is 5.75 Å². The number of piperidine rings is 1. The van der Waals surface area contributed by atoms with E-state index in [0.29, 0.717) is 12.6 Å². The van der Waals surface area contributed by atoms with Crippen molar-refractivity contribution >= 4 is 0 Å². The fourth-order valence-electron chi connectivity index (χ4n) is 3.11. The van der Waals surface area contributed by atoms with E-state index in [-0.39, 0.29) is 0 Å². The molecule has 0 amide bonds. The van der Waals surface area contributed by atoms with Crippen LogP contribution in [0.3, 0.4) is 0 Å². The number of nitrogens with two attached hydrogens (primary N) is 1. The molecule has 1 atom stereocenters. The van der Waals surface area contributed by atoms with Crippen LogP contribution in [-0.2, 0) is 13.0 Å². The van der Waals surface area contributed by atoms with Gasteiger partial charge in [-0.3, -0.25) is 0 Å². The summed E-state index contributed by atoms with van der Waals surface area (Å²) in [6.45, 7) is 3.71. The van der Waals surface area contributed by atoms with E-state index in [4.69, 9.17) is 10.5 Å². The maximum Gasteiger partial charge on any atom is 0.118 e. The maximum absolute atomic E-state index is 5.62. The molecule has 23 heavy (non-hydrogen) atoms. The minimum absolute atomic E-state index is 0.410. The molecule has 124 valence electrons.